The van der Waals surface area contributed by atoms with Crippen LogP contribution in [0, 0.1) is 0 Å². The van der Waals surface area contributed by atoms with Crippen LogP contribution in [0.4, 0.5) is 0 Å². The zero-order valence-electron chi connectivity index (χ0n) is 6.41. The Balaban J connectivity index is 2.69. The minimum absolute atomic E-state index is 0.706. The van der Waals surface area contributed by atoms with Crippen molar-refractivity contribution in [3.8, 4) is 0 Å². The van der Waals surface area contributed by atoms with E-state index < -0.39 is 0 Å². The van der Waals surface area contributed by atoms with Crippen LogP contribution < -0.4 is 0 Å². The van der Waals surface area contributed by atoms with Gasteiger partial charge in [-0.2, -0.15) is 0 Å². The Morgan fingerprint density at radius 1 is 1.36 bits per heavy atom. The number of ether oxygens (including phenoxy) is 1. The third-order valence-corrected chi connectivity index (χ3v) is 2.03. The summed E-state index contributed by atoms with van der Waals surface area (Å²) in [6, 6.07) is 10.0. The molecule has 1 aromatic carbocycles. The van der Waals surface area contributed by atoms with Gasteiger partial charge in [0, 0.05) is 0 Å². The molecule has 0 fully saturated rings. The Morgan fingerprint density at radius 2 is 2.00 bits per heavy atom. The molecule has 1 nitrogen and oxygen atoms in total. The SMILES string of the molecule is CCOC(=[Se])c1ccccc1. The van der Waals surface area contributed by atoms with E-state index in [0.29, 0.717) is 6.61 Å². The van der Waals surface area contributed by atoms with Crippen molar-refractivity contribution in [2.24, 2.45) is 0 Å². The Morgan fingerprint density at radius 3 is 2.55 bits per heavy atom. The second-order valence-corrected chi connectivity index (χ2v) is 2.86. The number of benzene rings is 1. The van der Waals surface area contributed by atoms with Crippen molar-refractivity contribution in [1.82, 2.24) is 0 Å². The molecule has 0 aliphatic carbocycles. The van der Waals surface area contributed by atoms with Crippen LogP contribution in [-0.4, -0.2) is 26.8 Å². The fraction of sp³-hybridized carbons (Fsp3) is 0.222. The molecule has 0 spiro atoms. The average molecular weight is 213 g/mol. The van der Waals surface area contributed by atoms with Crippen LogP contribution in [0.3, 0.4) is 0 Å². The molecule has 0 aromatic heterocycles. The van der Waals surface area contributed by atoms with Gasteiger partial charge in [0.25, 0.3) is 0 Å². The van der Waals surface area contributed by atoms with Crippen molar-refractivity contribution in [3.05, 3.63) is 35.9 Å². The van der Waals surface area contributed by atoms with Gasteiger partial charge in [-0.1, -0.05) is 0 Å². The van der Waals surface area contributed by atoms with Crippen LogP contribution in [0.5, 0.6) is 0 Å². The predicted octanol–water partition coefficient (Wildman–Crippen LogP) is 1.37. The van der Waals surface area contributed by atoms with E-state index in [4.69, 9.17) is 4.74 Å². The van der Waals surface area contributed by atoms with Crippen molar-refractivity contribution >= 4 is 20.2 Å². The summed E-state index contributed by atoms with van der Waals surface area (Å²) >= 11 is 2.89. The molecule has 0 aliphatic heterocycles. The first-order valence-electron chi connectivity index (χ1n) is 3.56. The van der Waals surface area contributed by atoms with Crippen molar-refractivity contribution in [2.75, 3.05) is 6.61 Å². The zero-order valence-corrected chi connectivity index (χ0v) is 8.12. The van der Waals surface area contributed by atoms with Gasteiger partial charge in [0.15, 0.2) is 0 Å². The Hall–Kier alpha value is -0.591. The van der Waals surface area contributed by atoms with Crippen molar-refractivity contribution < 1.29 is 4.74 Å². The van der Waals surface area contributed by atoms with E-state index in [-0.39, 0.29) is 0 Å². The first kappa shape index (κ1) is 8.51. The molecule has 1 rings (SSSR count). The summed E-state index contributed by atoms with van der Waals surface area (Å²) in [5.41, 5.74) is 1.11. The van der Waals surface area contributed by atoms with Crippen LogP contribution >= 0.6 is 0 Å². The van der Waals surface area contributed by atoms with Crippen LogP contribution in [0.1, 0.15) is 12.5 Å². The Bertz CT molecular complexity index is 231. The summed E-state index contributed by atoms with van der Waals surface area (Å²) in [6.45, 7) is 2.68. The molecule has 0 saturated heterocycles. The van der Waals surface area contributed by atoms with Gasteiger partial charge in [-0.25, -0.2) is 0 Å². The van der Waals surface area contributed by atoms with Gasteiger partial charge < -0.3 is 0 Å². The second kappa shape index (κ2) is 4.32. The van der Waals surface area contributed by atoms with Crippen LogP contribution in [0.2, 0.25) is 0 Å². The van der Waals surface area contributed by atoms with E-state index in [9.17, 15) is 0 Å². The zero-order chi connectivity index (χ0) is 8.10. The molecule has 11 heavy (non-hydrogen) atoms. The minimum atomic E-state index is 0.706. The van der Waals surface area contributed by atoms with Gasteiger partial charge in [0.2, 0.25) is 0 Å². The molecule has 0 N–H and O–H groups in total. The van der Waals surface area contributed by atoms with Gasteiger partial charge in [0.05, 0.1) is 0 Å². The molecule has 0 unspecified atom stereocenters. The third-order valence-electron chi connectivity index (χ3n) is 1.28. The van der Waals surface area contributed by atoms with E-state index in [2.05, 4.69) is 15.6 Å². The van der Waals surface area contributed by atoms with Crippen LogP contribution in [-0.2, 0) is 4.74 Å². The van der Waals surface area contributed by atoms with E-state index in [0.717, 1.165) is 10.2 Å². The summed E-state index contributed by atoms with van der Waals surface area (Å²) < 4.78 is 6.16. The molecule has 1 aromatic rings. The van der Waals surface area contributed by atoms with E-state index in [1.54, 1.807) is 0 Å². The quantitative estimate of drug-likeness (QED) is 0.689. The molecule has 0 amide bonds. The standard InChI is InChI=1S/C9H10OSe/c1-2-10-9(11)8-6-4-3-5-7-8/h3-7H,2H2,1H3. The summed E-state index contributed by atoms with van der Waals surface area (Å²) in [7, 11) is 0. The third kappa shape index (κ3) is 2.49. The Labute approximate surface area is 74.7 Å². The van der Waals surface area contributed by atoms with E-state index in [1.165, 1.54) is 0 Å². The first-order chi connectivity index (χ1) is 5.34. The maximum atomic E-state index is 5.29. The van der Waals surface area contributed by atoms with Gasteiger partial charge in [-0.15, -0.1) is 0 Å². The molecule has 0 atom stereocenters. The molecule has 0 radical (unpaired) electrons. The van der Waals surface area contributed by atoms with Gasteiger partial charge in [0.1, 0.15) is 0 Å². The van der Waals surface area contributed by atoms with Crippen molar-refractivity contribution in [1.29, 1.82) is 0 Å². The van der Waals surface area contributed by atoms with E-state index in [1.807, 2.05) is 37.3 Å². The van der Waals surface area contributed by atoms with Gasteiger partial charge in [-0.05, 0) is 0 Å². The maximum absolute atomic E-state index is 5.29. The fourth-order valence-corrected chi connectivity index (χ4v) is 1.32. The normalized spacial score (nSPS) is 9.18. The summed E-state index contributed by atoms with van der Waals surface area (Å²) in [5.74, 6) is 0. The van der Waals surface area contributed by atoms with E-state index >= 15 is 0 Å². The Kier molecular flexibility index (Phi) is 3.34. The van der Waals surface area contributed by atoms with Gasteiger partial charge in [-0.3, -0.25) is 0 Å². The van der Waals surface area contributed by atoms with Crippen molar-refractivity contribution in [2.45, 2.75) is 6.92 Å². The summed E-state index contributed by atoms with van der Waals surface area (Å²) in [6.07, 6.45) is 0. The predicted molar refractivity (Wildman–Crippen MR) is 47.9 cm³/mol. The molecular weight excluding hydrogens is 203 g/mol. The number of rotatable bonds is 3. The van der Waals surface area contributed by atoms with Gasteiger partial charge >= 0.3 is 74.3 Å². The van der Waals surface area contributed by atoms with Crippen LogP contribution in [0.15, 0.2) is 30.3 Å². The molecule has 58 valence electrons. The topological polar surface area (TPSA) is 9.23 Å². The fourth-order valence-electron chi connectivity index (χ4n) is 0.789. The number of hydrogen-bond donors (Lipinski definition) is 0. The summed E-state index contributed by atoms with van der Waals surface area (Å²) in [5, 5.41) is 0. The first-order valence-corrected chi connectivity index (χ1v) is 4.42. The molecule has 0 saturated carbocycles. The molecule has 2 heteroatoms. The molecule has 0 bridgehead atoms. The van der Waals surface area contributed by atoms with Crippen molar-refractivity contribution in [3.63, 3.8) is 0 Å². The summed E-state index contributed by atoms with van der Waals surface area (Å²) in [4.78, 5) is 0. The van der Waals surface area contributed by atoms with Crippen LogP contribution in [0.25, 0.3) is 0 Å². The molecule has 0 heterocycles. The second-order valence-electron chi connectivity index (χ2n) is 2.09. The monoisotopic (exact) mass is 214 g/mol. The molecular formula is C9H10OSe. The number of hydrogen-bond acceptors (Lipinski definition) is 1. The average Bonchev–Trinajstić information content (AvgIpc) is 2.07. The molecule has 0 aliphatic rings.